The number of hydrogen-bond acceptors (Lipinski definition) is 2. The number of aliphatic carboxylic acids is 1. The lowest BCUT2D eigenvalue weighted by molar-refractivity contribution is -0.137. The molecule has 2 rings (SSSR count). The maximum atomic E-state index is 12.5. The minimum absolute atomic E-state index is 0.0113. The van der Waals surface area contributed by atoms with Crippen molar-refractivity contribution in [2.24, 2.45) is 5.92 Å². The number of carbonyl (C=O) groups is 2. The molecule has 5 heteroatoms. The molecule has 0 spiro atoms. The topological polar surface area (TPSA) is 57.6 Å². The zero-order valence-corrected chi connectivity index (χ0v) is 12.2. The molecule has 1 aliphatic heterocycles. The smallest absolute Gasteiger partial charge is 0.303 e. The van der Waals surface area contributed by atoms with Crippen molar-refractivity contribution < 1.29 is 14.7 Å². The number of halogens is 1. The summed E-state index contributed by atoms with van der Waals surface area (Å²) in [5.41, 5.74) is 1.55. The van der Waals surface area contributed by atoms with Crippen molar-refractivity contribution in [1.29, 1.82) is 0 Å². The second-order valence-corrected chi connectivity index (χ2v) is 5.73. The molecule has 0 aliphatic carbocycles. The van der Waals surface area contributed by atoms with E-state index in [9.17, 15) is 9.59 Å². The van der Waals surface area contributed by atoms with Crippen molar-refractivity contribution in [2.45, 2.75) is 26.2 Å². The van der Waals surface area contributed by atoms with Crippen molar-refractivity contribution in [3.63, 3.8) is 0 Å². The molecule has 1 aliphatic rings. The molecule has 1 N–H and O–H groups in total. The summed E-state index contributed by atoms with van der Waals surface area (Å²) in [7, 11) is 0. The Bertz CT molecular complexity index is 530. The Morgan fingerprint density at radius 1 is 1.45 bits per heavy atom. The highest BCUT2D eigenvalue weighted by Crippen LogP contribution is 2.24. The van der Waals surface area contributed by atoms with Crippen LogP contribution in [0.5, 0.6) is 0 Å². The number of carboxylic acid groups (broad SMARTS) is 1. The molecule has 1 heterocycles. The van der Waals surface area contributed by atoms with Gasteiger partial charge in [0.25, 0.3) is 5.91 Å². The van der Waals surface area contributed by atoms with Gasteiger partial charge in [0.2, 0.25) is 0 Å². The molecule has 1 saturated heterocycles. The normalized spacial score (nSPS) is 18.3. The van der Waals surface area contributed by atoms with Crippen molar-refractivity contribution in [3.05, 3.63) is 34.3 Å². The van der Waals surface area contributed by atoms with Crippen LogP contribution in [0.2, 0.25) is 5.02 Å². The number of benzene rings is 1. The molecule has 0 aromatic heterocycles. The molecule has 4 nitrogen and oxygen atoms in total. The summed E-state index contributed by atoms with van der Waals surface area (Å²) >= 11 is 5.94. The van der Waals surface area contributed by atoms with Crippen LogP contribution in [0.15, 0.2) is 18.2 Å². The average Bonchev–Trinajstić information content (AvgIpc) is 2.87. The molecule has 1 unspecified atom stereocenters. The van der Waals surface area contributed by atoms with Gasteiger partial charge in [-0.2, -0.15) is 0 Å². The van der Waals surface area contributed by atoms with E-state index in [0.29, 0.717) is 30.1 Å². The Hall–Kier alpha value is -1.55. The van der Waals surface area contributed by atoms with E-state index in [-0.39, 0.29) is 18.2 Å². The number of rotatable bonds is 4. The zero-order chi connectivity index (χ0) is 14.7. The first-order valence-electron chi connectivity index (χ1n) is 6.74. The predicted octanol–water partition coefficient (Wildman–Crippen LogP) is 2.98. The Labute approximate surface area is 123 Å². The minimum atomic E-state index is -0.777. The molecule has 0 saturated carbocycles. The molecule has 20 heavy (non-hydrogen) atoms. The third-order valence-corrected chi connectivity index (χ3v) is 4.00. The Morgan fingerprint density at radius 3 is 2.90 bits per heavy atom. The van der Waals surface area contributed by atoms with E-state index in [4.69, 9.17) is 16.7 Å². The van der Waals surface area contributed by atoms with Gasteiger partial charge in [-0.05, 0) is 43.4 Å². The number of hydrogen-bond donors (Lipinski definition) is 1. The van der Waals surface area contributed by atoms with Crippen molar-refractivity contribution in [2.75, 3.05) is 13.1 Å². The van der Waals surface area contributed by atoms with E-state index in [0.717, 1.165) is 12.0 Å². The summed E-state index contributed by atoms with van der Waals surface area (Å²) in [6.07, 6.45) is 1.68. The van der Waals surface area contributed by atoms with E-state index in [1.54, 1.807) is 17.0 Å². The standard InChI is InChI=1S/C15H18ClNO3/c1-10-2-4-12(16)8-13(10)15(20)17-7-6-11(9-17)3-5-14(18)19/h2,4,8,11H,3,5-7,9H2,1H3,(H,18,19). The van der Waals surface area contributed by atoms with Crippen LogP contribution in [-0.2, 0) is 4.79 Å². The molecule has 1 amide bonds. The highest BCUT2D eigenvalue weighted by atomic mass is 35.5. The predicted molar refractivity (Wildman–Crippen MR) is 77.1 cm³/mol. The van der Waals surface area contributed by atoms with Crippen LogP contribution in [0.25, 0.3) is 0 Å². The lowest BCUT2D eigenvalue weighted by atomic mass is 10.0. The van der Waals surface area contributed by atoms with Gasteiger partial charge in [0, 0.05) is 30.1 Å². The fourth-order valence-corrected chi connectivity index (χ4v) is 2.75. The van der Waals surface area contributed by atoms with Crippen LogP contribution in [0.4, 0.5) is 0 Å². The third-order valence-electron chi connectivity index (χ3n) is 3.77. The highest BCUT2D eigenvalue weighted by molar-refractivity contribution is 6.31. The quantitative estimate of drug-likeness (QED) is 0.929. The van der Waals surface area contributed by atoms with E-state index in [1.165, 1.54) is 0 Å². The van der Waals surface area contributed by atoms with Gasteiger partial charge in [-0.1, -0.05) is 17.7 Å². The number of aryl methyl sites for hydroxylation is 1. The minimum Gasteiger partial charge on any atom is -0.481 e. The number of nitrogens with zero attached hydrogens (tertiary/aromatic N) is 1. The van der Waals surface area contributed by atoms with Crippen molar-refractivity contribution >= 4 is 23.5 Å². The fourth-order valence-electron chi connectivity index (χ4n) is 2.58. The molecule has 108 valence electrons. The summed E-state index contributed by atoms with van der Waals surface area (Å²) in [4.78, 5) is 24.8. The third kappa shape index (κ3) is 3.51. The van der Waals surface area contributed by atoms with Gasteiger partial charge in [-0.3, -0.25) is 9.59 Å². The van der Waals surface area contributed by atoms with Crippen LogP contribution in [-0.4, -0.2) is 35.0 Å². The van der Waals surface area contributed by atoms with Crippen LogP contribution < -0.4 is 0 Å². The van der Waals surface area contributed by atoms with Gasteiger partial charge in [0.15, 0.2) is 0 Å². The van der Waals surface area contributed by atoms with Gasteiger partial charge in [0.1, 0.15) is 0 Å². The van der Waals surface area contributed by atoms with Gasteiger partial charge < -0.3 is 10.0 Å². The van der Waals surface area contributed by atoms with Gasteiger partial charge in [0.05, 0.1) is 0 Å². The van der Waals surface area contributed by atoms with E-state index >= 15 is 0 Å². The van der Waals surface area contributed by atoms with E-state index < -0.39 is 5.97 Å². The monoisotopic (exact) mass is 295 g/mol. The largest absolute Gasteiger partial charge is 0.481 e. The maximum Gasteiger partial charge on any atom is 0.303 e. The molecule has 1 atom stereocenters. The van der Waals surface area contributed by atoms with Crippen LogP contribution >= 0.6 is 11.6 Å². The number of carbonyl (C=O) groups excluding carboxylic acids is 1. The second kappa shape index (κ2) is 6.27. The molecule has 0 bridgehead atoms. The zero-order valence-electron chi connectivity index (χ0n) is 11.4. The van der Waals surface area contributed by atoms with Gasteiger partial charge in [-0.25, -0.2) is 0 Å². The van der Waals surface area contributed by atoms with Crippen LogP contribution in [0.3, 0.4) is 0 Å². The Kier molecular flexibility index (Phi) is 4.65. The Morgan fingerprint density at radius 2 is 2.20 bits per heavy atom. The number of amides is 1. The summed E-state index contributed by atoms with van der Waals surface area (Å²) in [5, 5.41) is 9.25. The van der Waals surface area contributed by atoms with Gasteiger partial charge in [-0.15, -0.1) is 0 Å². The molecule has 0 radical (unpaired) electrons. The first kappa shape index (κ1) is 14.9. The van der Waals surface area contributed by atoms with Crippen molar-refractivity contribution in [1.82, 2.24) is 4.90 Å². The fraction of sp³-hybridized carbons (Fsp3) is 0.467. The van der Waals surface area contributed by atoms with Crippen LogP contribution in [0, 0.1) is 12.8 Å². The Balaban J connectivity index is 2.00. The van der Waals surface area contributed by atoms with Crippen molar-refractivity contribution in [3.8, 4) is 0 Å². The summed E-state index contributed by atoms with van der Waals surface area (Å²) < 4.78 is 0. The summed E-state index contributed by atoms with van der Waals surface area (Å²) in [6, 6.07) is 5.31. The van der Waals surface area contributed by atoms with Crippen LogP contribution in [0.1, 0.15) is 35.2 Å². The highest BCUT2D eigenvalue weighted by Gasteiger charge is 2.27. The number of carboxylic acids is 1. The van der Waals surface area contributed by atoms with E-state index in [2.05, 4.69) is 0 Å². The molecule has 1 fully saturated rings. The first-order valence-corrected chi connectivity index (χ1v) is 7.12. The molecule has 1 aromatic carbocycles. The summed E-state index contributed by atoms with van der Waals surface area (Å²) in [6.45, 7) is 3.22. The van der Waals surface area contributed by atoms with Gasteiger partial charge >= 0.3 is 5.97 Å². The average molecular weight is 296 g/mol. The second-order valence-electron chi connectivity index (χ2n) is 5.30. The maximum absolute atomic E-state index is 12.5. The number of likely N-dealkylation sites (tertiary alicyclic amines) is 1. The SMILES string of the molecule is Cc1ccc(Cl)cc1C(=O)N1CCC(CCC(=O)O)C1. The lowest BCUT2D eigenvalue weighted by Crippen LogP contribution is -2.29. The first-order chi connectivity index (χ1) is 9.47. The molecule has 1 aromatic rings. The summed E-state index contributed by atoms with van der Waals surface area (Å²) in [5.74, 6) is -0.502. The molecular formula is C15H18ClNO3. The van der Waals surface area contributed by atoms with E-state index in [1.807, 2.05) is 13.0 Å². The lowest BCUT2D eigenvalue weighted by Gasteiger charge is -2.18. The molecular weight excluding hydrogens is 278 g/mol.